The minimum absolute atomic E-state index is 0.0853. The molecule has 1 aromatic carbocycles. The Bertz CT molecular complexity index is 551. The van der Waals surface area contributed by atoms with E-state index in [-0.39, 0.29) is 17.7 Å². The van der Waals surface area contributed by atoms with Crippen LogP contribution in [-0.2, 0) is 16.0 Å². The minimum Gasteiger partial charge on any atom is -0.390 e. The van der Waals surface area contributed by atoms with E-state index >= 15 is 0 Å². The molecule has 0 aromatic heterocycles. The van der Waals surface area contributed by atoms with Gasteiger partial charge in [0.25, 0.3) is 0 Å². The summed E-state index contributed by atoms with van der Waals surface area (Å²) in [6.45, 7) is 5.20. The zero-order valence-electron chi connectivity index (χ0n) is 12.8. The van der Waals surface area contributed by atoms with Crippen LogP contribution in [-0.4, -0.2) is 22.9 Å². The van der Waals surface area contributed by atoms with Crippen LogP contribution in [0.25, 0.3) is 0 Å². The Hall–Kier alpha value is -1.68. The molecule has 0 fully saturated rings. The van der Waals surface area contributed by atoms with Crippen LogP contribution < -0.4 is 5.32 Å². The quantitative estimate of drug-likeness (QED) is 0.873. The largest absolute Gasteiger partial charge is 0.390 e. The minimum atomic E-state index is -0.622. The van der Waals surface area contributed by atoms with Crippen molar-refractivity contribution >= 4 is 11.7 Å². The molecule has 1 aromatic rings. The van der Waals surface area contributed by atoms with E-state index in [1.165, 1.54) is 6.92 Å². The lowest BCUT2D eigenvalue weighted by Crippen LogP contribution is -2.42. The molecule has 2 unspecified atom stereocenters. The Morgan fingerprint density at radius 1 is 1.33 bits per heavy atom. The van der Waals surface area contributed by atoms with Gasteiger partial charge in [-0.1, -0.05) is 38.1 Å². The van der Waals surface area contributed by atoms with Crippen molar-refractivity contribution in [2.24, 2.45) is 5.41 Å². The lowest BCUT2D eigenvalue weighted by Gasteiger charge is -2.27. The molecule has 1 aliphatic carbocycles. The lowest BCUT2D eigenvalue weighted by atomic mass is 9.85. The Labute approximate surface area is 125 Å². The molecule has 0 saturated heterocycles. The summed E-state index contributed by atoms with van der Waals surface area (Å²) in [7, 11) is 0. The predicted molar refractivity (Wildman–Crippen MR) is 80.7 cm³/mol. The lowest BCUT2D eigenvalue weighted by molar-refractivity contribution is -0.131. The van der Waals surface area contributed by atoms with Crippen LogP contribution in [0.3, 0.4) is 0 Å². The van der Waals surface area contributed by atoms with Crippen molar-refractivity contribution in [3.8, 4) is 0 Å². The van der Waals surface area contributed by atoms with Crippen LogP contribution in [0, 0.1) is 5.41 Å². The second-order valence-corrected chi connectivity index (χ2v) is 6.51. The fourth-order valence-corrected chi connectivity index (χ4v) is 2.69. The summed E-state index contributed by atoms with van der Waals surface area (Å²) in [6, 6.07) is 7.42. The molecule has 0 aliphatic heterocycles. The molecule has 1 amide bonds. The maximum atomic E-state index is 12.5. The van der Waals surface area contributed by atoms with Crippen molar-refractivity contribution in [3.63, 3.8) is 0 Å². The molecule has 2 rings (SSSR count). The molecule has 0 spiro atoms. The standard InChI is InChI=1S/C17H23NO3/c1-11(19)8-9-17(2,3)16(21)18-15-13-7-5-4-6-12(13)10-14(15)20/h4-7,14-15,20H,8-10H2,1-3H3,(H,18,21). The number of hydrogen-bond acceptors (Lipinski definition) is 3. The SMILES string of the molecule is CC(=O)CCC(C)(C)C(=O)NC1c2ccccc2CC1O. The first-order valence-electron chi connectivity index (χ1n) is 7.37. The normalized spacial score (nSPS) is 21.0. The number of nitrogens with one attached hydrogen (secondary N) is 1. The van der Waals surface area contributed by atoms with Gasteiger partial charge in [0.2, 0.25) is 5.91 Å². The first-order valence-corrected chi connectivity index (χ1v) is 7.37. The van der Waals surface area contributed by atoms with Gasteiger partial charge in [0.05, 0.1) is 12.1 Å². The van der Waals surface area contributed by atoms with Gasteiger partial charge in [0, 0.05) is 18.3 Å². The van der Waals surface area contributed by atoms with E-state index in [2.05, 4.69) is 5.32 Å². The summed E-state index contributed by atoms with van der Waals surface area (Å²) in [5, 5.41) is 13.1. The number of ketones is 1. The summed E-state index contributed by atoms with van der Waals surface area (Å²) in [4.78, 5) is 23.6. The highest BCUT2D eigenvalue weighted by Gasteiger charge is 2.36. The fourth-order valence-electron chi connectivity index (χ4n) is 2.69. The molecule has 1 aliphatic rings. The number of benzene rings is 1. The highest BCUT2D eigenvalue weighted by Crippen LogP contribution is 2.33. The summed E-state index contributed by atoms with van der Waals surface area (Å²) in [5.41, 5.74) is 1.45. The number of carbonyl (C=O) groups excluding carboxylic acids is 2. The van der Waals surface area contributed by atoms with Crippen LogP contribution in [0.4, 0.5) is 0 Å². The number of carbonyl (C=O) groups is 2. The molecule has 2 atom stereocenters. The van der Waals surface area contributed by atoms with E-state index in [0.29, 0.717) is 19.3 Å². The third-order valence-corrected chi connectivity index (χ3v) is 4.21. The summed E-state index contributed by atoms with van der Waals surface area (Å²) in [6.07, 6.45) is 0.882. The number of rotatable bonds is 5. The first-order chi connectivity index (χ1) is 9.81. The van der Waals surface area contributed by atoms with Crippen LogP contribution in [0.1, 0.15) is 50.8 Å². The summed E-state index contributed by atoms with van der Waals surface area (Å²) >= 11 is 0. The molecular formula is C17H23NO3. The Balaban J connectivity index is 2.07. The third kappa shape index (κ3) is 3.50. The number of fused-ring (bicyclic) bond motifs is 1. The average molecular weight is 289 g/mol. The molecular weight excluding hydrogens is 266 g/mol. The average Bonchev–Trinajstić information content (AvgIpc) is 2.73. The Morgan fingerprint density at radius 2 is 2.00 bits per heavy atom. The van der Waals surface area contributed by atoms with Crippen LogP contribution in [0.5, 0.6) is 0 Å². The van der Waals surface area contributed by atoms with Gasteiger partial charge in [0.1, 0.15) is 5.78 Å². The second kappa shape index (κ2) is 5.98. The maximum Gasteiger partial charge on any atom is 0.226 e. The topological polar surface area (TPSA) is 66.4 Å². The predicted octanol–water partition coefficient (Wildman–Crippen LogP) is 2.16. The van der Waals surface area contributed by atoms with Crippen molar-refractivity contribution in [1.29, 1.82) is 0 Å². The van der Waals surface area contributed by atoms with E-state index in [1.54, 1.807) is 0 Å². The maximum absolute atomic E-state index is 12.5. The van der Waals surface area contributed by atoms with Crippen molar-refractivity contribution in [2.45, 2.75) is 52.2 Å². The number of amides is 1. The molecule has 2 N–H and O–H groups in total. The summed E-state index contributed by atoms with van der Waals surface area (Å²) in [5.74, 6) is -0.0355. The van der Waals surface area contributed by atoms with Gasteiger partial charge in [-0.2, -0.15) is 0 Å². The van der Waals surface area contributed by atoms with Gasteiger partial charge in [0.15, 0.2) is 0 Å². The van der Waals surface area contributed by atoms with Gasteiger partial charge < -0.3 is 15.2 Å². The molecule has 114 valence electrons. The molecule has 4 heteroatoms. The van der Waals surface area contributed by atoms with E-state index < -0.39 is 11.5 Å². The number of aliphatic hydroxyl groups excluding tert-OH is 1. The number of Topliss-reactive ketones (excluding diaryl/α,β-unsaturated/α-hetero) is 1. The van der Waals surface area contributed by atoms with Crippen LogP contribution in [0.15, 0.2) is 24.3 Å². The monoisotopic (exact) mass is 289 g/mol. The van der Waals surface area contributed by atoms with Gasteiger partial charge in [-0.3, -0.25) is 4.79 Å². The van der Waals surface area contributed by atoms with Crippen molar-refractivity contribution in [2.75, 3.05) is 0 Å². The number of aliphatic hydroxyl groups is 1. The van der Waals surface area contributed by atoms with Gasteiger partial charge in [-0.15, -0.1) is 0 Å². The third-order valence-electron chi connectivity index (χ3n) is 4.21. The van der Waals surface area contributed by atoms with Crippen LogP contribution in [0.2, 0.25) is 0 Å². The fraction of sp³-hybridized carbons (Fsp3) is 0.529. The zero-order chi connectivity index (χ0) is 15.6. The molecule has 0 heterocycles. The van der Waals surface area contributed by atoms with E-state index in [9.17, 15) is 14.7 Å². The highest BCUT2D eigenvalue weighted by atomic mass is 16.3. The number of hydrogen-bond donors (Lipinski definition) is 2. The second-order valence-electron chi connectivity index (χ2n) is 6.51. The van der Waals surface area contributed by atoms with E-state index in [1.807, 2.05) is 38.1 Å². The Morgan fingerprint density at radius 3 is 2.67 bits per heavy atom. The molecule has 0 saturated carbocycles. The van der Waals surface area contributed by atoms with Gasteiger partial charge in [-0.05, 0) is 24.5 Å². The van der Waals surface area contributed by atoms with Gasteiger partial charge in [-0.25, -0.2) is 0 Å². The van der Waals surface area contributed by atoms with E-state index in [0.717, 1.165) is 11.1 Å². The zero-order valence-corrected chi connectivity index (χ0v) is 12.8. The van der Waals surface area contributed by atoms with Crippen molar-refractivity contribution in [3.05, 3.63) is 35.4 Å². The van der Waals surface area contributed by atoms with Gasteiger partial charge >= 0.3 is 0 Å². The first kappa shape index (κ1) is 15.7. The van der Waals surface area contributed by atoms with E-state index in [4.69, 9.17) is 0 Å². The smallest absolute Gasteiger partial charge is 0.226 e. The molecule has 0 bridgehead atoms. The molecule has 21 heavy (non-hydrogen) atoms. The van der Waals surface area contributed by atoms with Crippen molar-refractivity contribution in [1.82, 2.24) is 5.32 Å². The molecule has 4 nitrogen and oxygen atoms in total. The summed E-state index contributed by atoms with van der Waals surface area (Å²) < 4.78 is 0. The molecule has 0 radical (unpaired) electrons. The Kier molecular flexibility index (Phi) is 4.47. The van der Waals surface area contributed by atoms with Crippen LogP contribution >= 0.6 is 0 Å². The van der Waals surface area contributed by atoms with Crippen molar-refractivity contribution < 1.29 is 14.7 Å². The highest BCUT2D eigenvalue weighted by molar-refractivity contribution is 5.83.